The molecule has 0 atom stereocenters. The average molecular weight is 235 g/mol. The third-order valence-corrected chi connectivity index (χ3v) is 4.00. The molecule has 1 heterocycles. The second-order valence-corrected chi connectivity index (χ2v) is 4.79. The first-order valence-corrected chi connectivity index (χ1v) is 6.88. The van der Waals surface area contributed by atoms with E-state index in [1.165, 1.54) is 16.3 Å². The summed E-state index contributed by atoms with van der Waals surface area (Å²) in [6, 6.07) is 10.5. The van der Waals surface area contributed by atoms with E-state index in [1.807, 2.05) is 6.07 Å². The fraction of sp³-hybridized carbons (Fsp3) is 0.167. The van der Waals surface area contributed by atoms with Crippen molar-refractivity contribution in [3.05, 3.63) is 51.7 Å². The van der Waals surface area contributed by atoms with Crippen molar-refractivity contribution in [3.63, 3.8) is 0 Å². The molecule has 0 saturated carbocycles. The summed E-state index contributed by atoms with van der Waals surface area (Å²) < 4.78 is 0. The van der Waals surface area contributed by atoms with Crippen molar-refractivity contribution in [1.82, 2.24) is 4.90 Å². The highest BCUT2D eigenvalue weighted by atomic mass is 32.2. The molecule has 2 rings (SSSR count). The number of thioether (sulfide) groups is 2. The highest BCUT2D eigenvalue weighted by Crippen LogP contribution is 2.34. The molecule has 0 N–H and O–H groups in total. The van der Waals surface area contributed by atoms with Gasteiger partial charge in [0.05, 0.1) is 10.7 Å². The molecular formula is C12H13NS2. The summed E-state index contributed by atoms with van der Waals surface area (Å²) in [6.45, 7) is 0. The number of nitrogens with zero attached hydrogens (tertiary/aromatic N) is 1. The second kappa shape index (κ2) is 4.81. The van der Waals surface area contributed by atoms with Crippen molar-refractivity contribution in [2.24, 2.45) is 0 Å². The first-order valence-electron chi connectivity index (χ1n) is 4.72. The normalized spacial score (nSPS) is 16.0. The van der Waals surface area contributed by atoms with Crippen LogP contribution in [-0.2, 0) is 0 Å². The molecule has 0 aliphatic carbocycles. The summed E-state index contributed by atoms with van der Waals surface area (Å²) in [6.07, 6.45) is 2.11. The predicted molar refractivity (Wildman–Crippen MR) is 71.4 cm³/mol. The Labute approximate surface area is 99.2 Å². The maximum Gasteiger partial charge on any atom is 0.0814 e. The molecule has 0 aromatic heterocycles. The van der Waals surface area contributed by atoms with E-state index in [9.17, 15) is 0 Å². The molecule has 1 aliphatic rings. The van der Waals surface area contributed by atoms with Crippen LogP contribution in [0.25, 0.3) is 5.70 Å². The molecule has 0 amide bonds. The van der Waals surface area contributed by atoms with E-state index in [0.29, 0.717) is 0 Å². The van der Waals surface area contributed by atoms with Gasteiger partial charge in [0.25, 0.3) is 0 Å². The average Bonchev–Trinajstić information content (AvgIpc) is 2.30. The topological polar surface area (TPSA) is 3.24 Å². The molecule has 0 bridgehead atoms. The van der Waals surface area contributed by atoms with Crippen LogP contribution >= 0.6 is 23.5 Å². The molecule has 1 aromatic carbocycles. The summed E-state index contributed by atoms with van der Waals surface area (Å²) in [4.78, 5) is 2.23. The summed E-state index contributed by atoms with van der Waals surface area (Å²) in [5.74, 6) is 0. The summed E-state index contributed by atoms with van der Waals surface area (Å²) in [7, 11) is 2.11. The van der Waals surface area contributed by atoms with Gasteiger partial charge in [0.2, 0.25) is 0 Å². The van der Waals surface area contributed by atoms with Crippen LogP contribution < -0.4 is 0 Å². The van der Waals surface area contributed by atoms with Crippen LogP contribution in [0.2, 0.25) is 0 Å². The molecule has 0 spiro atoms. The zero-order valence-corrected chi connectivity index (χ0v) is 10.4. The van der Waals surface area contributed by atoms with E-state index in [2.05, 4.69) is 53.3 Å². The largest absolute Gasteiger partial charge is 0.338 e. The Kier molecular flexibility index (Phi) is 3.44. The van der Waals surface area contributed by atoms with Crippen LogP contribution in [-0.4, -0.2) is 18.2 Å². The van der Waals surface area contributed by atoms with Crippen LogP contribution in [0.3, 0.4) is 0 Å². The summed E-state index contributed by atoms with van der Waals surface area (Å²) >= 11 is 3.53. The Bertz CT molecular complexity index is 395. The number of hydrogen-bond acceptors (Lipinski definition) is 3. The van der Waals surface area contributed by atoms with Crippen LogP contribution in [0.15, 0.2) is 46.2 Å². The Morgan fingerprint density at radius 3 is 2.53 bits per heavy atom. The maximum absolute atomic E-state index is 2.23. The summed E-state index contributed by atoms with van der Waals surface area (Å²) in [5, 5.41) is 5.66. The van der Waals surface area contributed by atoms with Gasteiger partial charge in [-0.2, -0.15) is 0 Å². The molecule has 0 fully saturated rings. The zero-order chi connectivity index (χ0) is 10.7. The van der Waals surface area contributed by atoms with Crippen molar-refractivity contribution in [2.75, 3.05) is 13.3 Å². The highest BCUT2D eigenvalue weighted by Gasteiger charge is 2.14. The van der Waals surface area contributed by atoms with E-state index in [-0.39, 0.29) is 0 Å². The Balaban J connectivity index is 2.29. The standard InChI is InChI=1S/C12H13NS2/c1-13-11(8-15-9-12(13)14-2)10-6-4-3-5-7-10/h3-9H,1-2H3. The van der Waals surface area contributed by atoms with Gasteiger partial charge >= 0.3 is 0 Å². The number of hydrogen-bond donors (Lipinski definition) is 0. The SMILES string of the molecule is CSC1=CSC=C(c2ccccc2)N1C. The molecule has 15 heavy (non-hydrogen) atoms. The summed E-state index contributed by atoms with van der Waals surface area (Å²) in [5.41, 5.74) is 2.54. The van der Waals surface area contributed by atoms with Gasteiger partial charge in [-0.15, -0.1) is 23.5 Å². The molecule has 0 radical (unpaired) electrons. The lowest BCUT2D eigenvalue weighted by atomic mass is 10.1. The van der Waals surface area contributed by atoms with Crippen molar-refractivity contribution in [3.8, 4) is 0 Å². The highest BCUT2D eigenvalue weighted by molar-refractivity contribution is 8.07. The minimum Gasteiger partial charge on any atom is -0.338 e. The predicted octanol–water partition coefficient (Wildman–Crippen LogP) is 3.83. The van der Waals surface area contributed by atoms with Crippen LogP contribution in [0.1, 0.15) is 5.56 Å². The van der Waals surface area contributed by atoms with E-state index in [4.69, 9.17) is 0 Å². The minimum absolute atomic E-state index is 1.27. The molecular weight excluding hydrogens is 222 g/mol. The molecule has 78 valence electrons. The van der Waals surface area contributed by atoms with E-state index >= 15 is 0 Å². The monoisotopic (exact) mass is 235 g/mol. The van der Waals surface area contributed by atoms with Crippen LogP contribution in [0.4, 0.5) is 0 Å². The fourth-order valence-electron chi connectivity index (χ4n) is 1.49. The fourth-order valence-corrected chi connectivity index (χ4v) is 3.18. The lowest BCUT2D eigenvalue weighted by Crippen LogP contribution is -2.15. The van der Waals surface area contributed by atoms with E-state index in [1.54, 1.807) is 23.5 Å². The Morgan fingerprint density at radius 2 is 1.87 bits per heavy atom. The number of benzene rings is 1. The lowest BCUT2D eigenvalue weighted by Gasteiger charge is -2.27. The van der Waals surface area contributed by atoms with Crippen molar-refractivity contribution in [1.29, 1.82) is 0 Å². The molecule has 1 aromatic rings. The van der Waals surface area contributed by atoms with Gasteiger partial charge < -0.3 is 4.90 Å². The van der Waals surface area contributed by atoms with Crippen LogP contribution in [0.5, 0.6) is 0 Å². The van der Waals surface area contributed by atoms with E-state index < -0.39 is 0 Å². The minimum atomic E-state index is 1.27. The number of rotatable bonds is 2. The van der Waals surface area contributed by atoms with Gasteiger partial charge in [-0.05, 0) is 17.2 Å². The first kappa shape index (κ1) is 10.7. The van der Waals surface area contributed by atoms with Gasteiger partial charge in [-0.3, -0.25) is 0 Å². The Morgan fingerprint density at radius 1 is 1.13 bits per heavy atom. The second-order valence-electron chi connectivity index (χ2n) is 3.22. The molecule has 1 nitrogen and oxygen atoms in total. The van der Waals surface area contributed by atoms with Gasteiger partial charge in [0, 0.05) is 12.5 Å². The third kappa shape index (κ3) is 2.24. The molecule has 1 aliphatic heterocycles. The third-order valence-electron chi connectivity index (χ3n) is 2.32. The zero-order valence-electron chi connectivity index (χ0n) is 8.81. The van der Waals surface area contributed by atoms with Gasteiger partial charge in [0.15, 0.2) is 0 Å². The quantitative estimate of drug-likeness (QED) is 0.767. The molecule has 0 saturated heterocycles. The lowest BCUT2D eigenvalue weighted by molar-refractivity contribution is 0.641. The maximum atomic E-state index is 2.23. The smallest absolute Gasteiger partial charge is 0.0814 e. The molecule has 0 unspecified atom stereocenters. The Hall–Kier alpha value is -0.800. The van der Waals surface area contributed by atoms with Crippen molar-refractivity contribution >= 4 is 29.2 Å². The van der Waals surface area contributed by atoms with Gasteiger partial charge in [0.1, 0.15) is 0 Å². The van der Waals surface area contributed by atoms with Gasteiger partial charge in [-0.1, -0.05) is 30.3 Å². The first-order chi connectivity index (χ1) is 7.33. The van der Waals surface area contributed by atoms with Crippen molar-refractivity contribution in [2.45, 2.75) is 0 Å². The molecule has 3 heteroatoms. The van der Waals surface area contributed by atoms with Crippen molar-refractivity contribution < 1.29 is 0 Å². The van der Waals surface area contributed by atoms with Gasteiger partial charge in [-0.25, -0.2) is 0 Å². The van der Waals surface area contributed by atoms with E-state index in [0.717, 1.165) is 0 Å². The van der Waals surface area contributed by atoms with Crippen LogP contribution in [0, 0.1) is 0 Å².